The first-order valence-corrected chi connectivity index (χ1v) is 3.83. The van der Waals surface area contributed by atoms with Crippen molar-refractivity contribution in [3.05, 3.63) is 35.7 Å². The van der Waals surface area contributed by atoms with Crippen molar-refractivity contribution in [1.29, 1.82) is 5.26 Å². The summed E-state index contributed by atoms with van der Waals surface area (Å²) in [5.41, 5.74) is 1.06. The first-order chi connectivity index (χ1) is 6.72. The molecule has 0 saturated carbocycles. The summed E-state index contributed by atoms with van der Waals surface area (Å²) in [4.78, 5) is 10.7. The predicted octanol–water partition coefficient (Wildman–Crippen LogP) is 0.904. The molecule has 0 aliphatic heterocycles. The fourth-order valence-electron chi connectivity index (χ4n) is 1.22. The Morgan fingerprint density at radius 3 is 3.00 bits per heavy atom. The van der Waals surface area contributed by atoms with Crippen LogP contribution in [0.5, 0.6) is 0 Å². The van der Waals surface area contributed by atoms with Crippen LogP contribution in [0, 0.1) is 11.3 Å². The van der Waals surface area contributed by atoms with Gasteiger partial charge in [0.1, 0.15) is 11.6 Å². The van der Waals surface area contributed by atoms with Gasteiger partial charge in [-0.2, -0.15) is 10.4 Å². The molecule has 2 aromatic rings. The highest BCUT2D eigenvalue weighted by Gasteiger charge is 2.10. The number of pyridine rings is 1. The monoisotopic (exact) mass is 187 g/mol. The average Bonchev–Trinajstić information content (AvgIpc) is 2.59. The van der Waals surface area contributed by atoms with E-state index >= 15 is 0 Å². The second-order valence-electron chi connectivity index (χ2n) is 2.72. The molecule has 0 amide bonds. The van der Waals surface area contributed by atoms with Gasteiger partial charge in [-0.25, -0.2) is 9.31 Å². The van der Waals surface area contributed by atoms with Gasteiger partial charge in [-0.05, 0) is 12.1 Å². The van der Waals surface area contributed by atoms with Crippen LogP contribution in [0.2, 0.25) is 0 Å². The molecule has 2 aromatic heterocycles. The summed E-state index contributed by atoms with van der Waals surface area (Å²) in [6.07, 6.45) is 2.75. The minimum atomic E-state index is -1.02. The minimum Gasteiger partial charge on any atom is -0.478 e. The van der Waals surface area contributed by atoms with Crippen LogP contribution in [-0.2, 0) is 0 Å². The first kappa shape index (κ1) is 8.26. The maximum atomic E-state index is 10.7. The van der Waals surface area contributed by atoms with Gasteiger partial charge in [-0.1, -0.05) is 0 Å². The van der Waals surface area contributed by atoms with Gasteiger partial charge in [0.15, 0.2) is 0 Å². The molecule has 0 aliphatic rings. The quantitative estimate of drug-likeness (QED) is 0.719. The third-order valence-corrected chi connectivity index (χ3v) is 1.88. The van der Waals surface area contributed by atoms with Crippen molar-refractivity contribution in [2.45, 2.75) is 0 Å². The van der Waals surface area contributed by atoms with Gasteiger partial charge >= 0.3 is 5.97 Å². The number of hydrogen-bond acceptors (Lipinski definition) is 3. The molecule has 5 heteroatoms. The molecular weight excluding hydrogens is 182 g/mol. The van der Waals surface area contributed by atoms with Crippen molar-refractivity contribution in [3.8, 4) is 6.07 Å². The topological polar surface area (TPSA) is 78.4 Å². The lowest BCUT2D eigenvalue weighted by Crippen LogP contribution is -1.95. The molecule has 5 nitrogen and oxygen atoms in total. The Morgan fingerprint density at radius 1 is 1.57 bits per heavy atom. The standard InChI is InChI=1S/C9H5N3O2/c10-3-6-1-2-8-7(9(13)14)4-11-12(8)5-6/h1-2,4-5H,(H,13,14). The van der Waals surface area contributed by atoms with Crippen molar-refractivity contribution in [2.75, 3.05) is 0 Å². The SMILES string of the molecule is N#Cc1ccc2c(C(=O)O)cnn2c1. The second-order valence-corrected chi connectivity index (χ2v) is 2.72. The molecule has 2 rings (SSSR count). The minimum absolute atomic E-state index is 0.134. The number of nitrogens with zero attached hydrogens (tertiary/aromatic N) is 3. The van der Waals surface area contributed by atoms with E-state index < -0.39 is 5.97 Å². The van der Waals surface area contributed by atoms with Crippen LogP contribution in [0.1, 0.15) is 15.9 Å². The molecule has 68 valence electrons. The Labute approximate surface area is 78.8 Å². The van der Waals surface area contributed by atoms with Gasteiger partial charge in [-0.3, -0.25) is 0 Å². The van der Waals surface area contributed by atoms with E-state index in [1.807, 2.05) is 6.07 Å². The zero-order valence-corrected chi connectivity index (χ0v) is 7.01. The fourth-order valence-corrected chi connectivity index (χ4v) is 1.22. The molecule has 0 fully saturated rings. The van der Waals surface area contributed by atoms with Gasteiger partial charge in [0.25, 0.3) is 0 Å². The van der Waals surface area contributed by atoms with Crippen LogP contribution in [0.15, 0.2) is 24.5 Å². The lowest BCUT2D eigenvalue weighted by Gasteiger charge is -1.93. The fraction of sp³-hybridized carbons (Fsp3) is 0. The smallest absolute Gasteiger partial charge is 0.339 e. The van der Waals surface area contributed by atoms with Crippen molar-refractivity contribution < 1.29 is 9.90 Å². The lowest BCUT2D eigenvalue weighted by atomic mass is 10.2. The largest absolute Gasteiger partial charge is 0.478 e. The van der Waals surface area contributed by atoms with Gasteiger partial charge in [0.2, 0.25) is 0 Å². The summed E-state index contributed by atoms with van der Waals surface area (Å²) >= 11 is 0. The Hall–Kier alpha value is -2.35. The third-order valence-electron chi connectivity index (χ3n) is 1.88. The normalized spacial score (nSPS) is 9.93. The summed E-state index contributed by atoms with van der Waals surface area (Å²) in [5.74, 6) is -1.02. The van der Waals surface area contributed by atoms with E-state index in [-0.39, 0.29) is 5.56 Å². The van der Waals surface area contributed by atoms with E-state index in [1.54, 1.807) is 12.1 Å². The number of carboxylic acids is 1. The van der Waals surface area contributed by atoms with Crippen molar-refractivity contribution in [3.63, 3.8) is 0 Å². The maximum Gasteiger partial charge on any atom is 0.339 e. The summed E-state index contributed by atoms with van der Waals surface area (Å²) in [6, 6.07) is 5.07. The van der Waals surface area contributed by atoms with Gasteiger partial charge in [0, 0.05) is 6.20 Å². The molecule has 0 bridgehead atoms. The third kappa shape index (κ3) is 1.10. The maximum absolute atomic E-state index is 10.7. The number of carboxylic acid groups (broad SMARTS) is 1. The zero-order valence-electron chi connectivity index (χ0n) is 7.01. The van der Waals surface area contributed by atoms with Crippen molar-refractivity contribution >= 4 is 11.5 Å². The van der Waals surface area contributed by atoms with Crippen LogP contribution in [-0.4, -0.2) is 20.7 Å². The molecule has 1 N–H and O–H groups in total. The number of aromatic nitrogens is 2. The number of nitriles is 1. The van der Waals surface area contributed by atoms with E-state index in [9.17, 15) is 4.79 Å². The van der Waals surface area contributed by atoms with E-state index in [2.05, 4.69) is 5.10 Å². The molecule has 14 heavy (non-hydrogen) atoms. The first-order valence-electron chi connectivity index (χ1n) is 3.83. The molecule has 0 unspecified atom stereocenters. The van der Waals surface area contributed by atoms with Gasteiger partial charge in [-0.15, -0.1) is 0 Å². The summed E-state index contributed by atoms with van der Waals surface area (Å²) in [6.45, 7) is 0. The van der Waals surface area contributed by atoms with Crippen molar-refractivity contribution in [2.24, 2.45) is 0 Å². The summed E-state index contributed by atoms with van der Waals surface area (Å²) < 4.78 is 1.38. The Morgan fingerprint density at radius 2 is 2.36 bits per heavy atom. The number of rotatable bonds is 1. The van der Waals surface area contributed by atoms with Crippen LogP contribution < -0.4 is 0 Å². The Kier molecular flexibility index (Phi) is 1.68. The highest BCUT2D eigenvalue weighted by molar-refractivity contribution is 5.95. The highest BCUT2D eigenvalue weighted by atomic mass is 16.4. The van der Waals surface area contributed by atoms with E-state index in [1.165, 1.54) is 16.9 Å². The molecule has 0 aromatic carbocycles. The van der Waals surface area contributed by atoms with Gasteiger partial charge < -0.3 is 5.11 Å². The molecule has 2 heterocycles. The molecular formula is C9H5N3O2. The van der Waals surface area contributed by atoms with Gasteiger partial charge in [0.05, 0.1) is 17.3 Å². The number of fused-ring (bicyclic) bond motifs is 1. The van der Waals surface area contributed by atoms with E-state index in [0.29, 0.717) is 11.1 Å². The van der Waals surface area contributed by atoms with Crippen LogP contribution in [0.4, 0.5) is 0 Å². The van der Waals surface area contributed by atoms with Crippen LogP contribution >= 0.6 is 0 Å². The van der Waals surface area contributed by atoms with Crippen LogP contribution in [0.3, 0.4) is 0 Å². The zero-order chi connectivity index (χ0) is 10.1. The second kappa shape index (κ2) is 2.85. The number of hydrogen-bond donors (Lipinski definition) is 1. The van der Waals surface area contributed by atoms with Crippen molar-refractivity contribution in [1.82, 2.24) is 9.61 Å². The number of carbonyl (C=O) groups is 1. The molecule has 0 spiro atoms. The molecule has 0 saturated heterocycles. The lowest BCUT2D eigenvalue weighted by molar-refractivity contribution is 0.0699. The molecule has 0 aliphatic carbocycles. The average molecular weight is 187 g/mol. The molecule has 0 radical (unpaired) electrons. The van der Waals surface area contributed by atoms with E-state index in [0.717, 1.165) is 0 Å². The van der Waals surface area contributed by atoms with E-state index in [4.69, 9.17) is 10.4 Å². The highest BCUT2D eigenvalue weighted by Crippen LogP contribution is 2.11. The number of aromatic carboxylic acids is 1. The molecule has 0 atom stereocenters. The predicted molar refractivity (Wildman–Crippen MR) is 46.9 cm³/mol. The van der Waals surface area contributed by atoms with Crippen LogP contribution in [0.25, 0.3) is 5.52 Å². The Bertz CT molecular complexity index is 551. The Balaban J connectivity index is 2.73. The summed E-state index contributed by atoms with van der Waals surface area (Å²) in [5, 5.41) is 21.2. The summed E-state index contributed by atoms with van der Waals surface area (Å²) in [7, 11) is 0.